The van der Waals surface area contributed by atoms with Gasteiger partial charge >= 0.3 is 0 Å². The monoisotopic (exact) mass is 312 g/mol. The lowest BCUT2D eigenvalue weighted by Gasteiger charge is -2.09. The molecule has 0 saturated heterocycles. The lowest BCUT2D eigenvalue weighted by molar-refractivity contribution is 0.147. The highest BCUT2D eigenvalue weighted by molar-refractivity contribution is 4.57. The highest BCUT2D eigenvalue weighted by Gasteiger charge is 2.03. The maximum atomic E-state index is 9.85. The molecule has 0 aliphatic heterocycles. The first-order valence-electron chi connectivity index (χ1n) is 10.5. The molecule has 0 aromatic carbocycles. The van der Waals surface area contributed by atoms with Crippen LogP contribution in [-0.4, -0.2) is 11.2 Å². The fourth-order valence-electron chi connectivity index (χ4n) is 3.17. The quantitative estimate of drug-likeness (QED) is 0.261. The van der Waals surface area contributed by atoms with Crippen LogP contribution in [0.15, 0.2) is 0 Å². The van der Waals surface area contributed by atoms with Gasteiger partial charge in [0.1, 0.15) is 0 Å². The molecule has 1 atom stereocenters. The Kier molecular flexibility index (Phi) is 19.0. The predicted octanol–water partition coefficient (Wildman–Crippen LogP) is 7.41. The van der Waals surface area contributed by atoms with Gasteiger partial charge in [0, 0.05) is 0 Å². The molecular weight excluding hydrogens is 268 g/mol. The van der Waals surface area contributed by atoms with Crippen LogP contribution >= 0.6 is 0 Å². The van der Waals surface area contributed by atoms with Gasteiger partial charge in [-0.3, -0.25) is 0 Å². The summed E-state index contributed by atoms with van der Waals surface area (Å²) in [4.78, 5) is 0. The van der Waals surface area contributed by atoms with Gasteiger partial charge in [-0.1, -0.05) is 117 Å². The van der Waals surface area contributed by atoms with Gasteiger partial charge in [0.2, 0.25) is 0 Å². The van der Waals surface area contributed by atoms with Crippen LogP contribution in [0, 0.1) is 0 Å². The van der Waals surface area contributed by atoms with Gasteiger partial charge in [-0.2, -0.15) is 0 Å². The first-order valence-corrected chi connectivity index (χ1v) is 10.5. The third-order valence-electron chi connectivity index (χ3n) is 4.78. The van der Waals surface area contributed by atoms with Gasteiger partial charge in [0.05, 0.1) is 6.10 Å². The van der Waals surface area contributed by atoms with Gasteiger partial charge < -0.3 is 5.11 Å². The maximum Gasteiger partial charge on any atom is 0.0540 e. The van der Waals surface area contributed by atoms with Crippen molar-refractivity contribution in [3.63, 3.8) is 0 Å². The summed E-state index contributed by atoms with van der Waals surface area (Å²) in [7, 11) is 0. The van der Waals surface area contributed by atoms with E-state index in [2.05, 4.69) is 13.8 Å². The van der Waals surface area contributed by atoms with E-state index in [0.717, 1.165) is 12.8 Å². The van der Waals surface area contributed by atoms with Crippen LogP contribution in [0.5, 0.6) is 0 Å². The Morgan fingerprint density at radius 3 is 1.14 bits per heavy atom. The Balaban J connectivity index is 3.05. The van der Waals surface area contributed by atoms with E-state index in [-0.39, 0.29) is 6.10 Å². The van der Waals surface area contributed by atoms with E-state index in [1.165, 1.54) is 103 Å². The van der Waals surface area contributed by atoms with E-state index in [0.29, 0.717) is 0 Å². The van der Waals surface area contributed by atoms with Crippen LogP contribution in [0.2, 0.25) is 0 Å². The number of aliphatic hydroxyl groups excluding tert-OH is 1. The molecule has 0 saturated carbocycles. The standard InChI is InChI=1S/C21H44O/c1-3-5-7-8-9-10-11-12-13-14-15-16-18-20-21(22)19-17-6-4-2/h21-22H,3-20H2,1-2H3. The summed E-state index contributed by atoms with van der Waals surface area (Å²) in [5.74, 6) is 0. The number of rotatable bonds is 18. The maximum absolute atomic E-state index is 9.85. The average molecular weight is 313 g/mol. The van der Waals surface area contributed by atoms with Gasteiger partial charge in [-0.25, -0.2) is 0 Å². The zero-order chi connectivity index (χ0) is 16.3. The molecule has 1 heteroatoms. The summed E-state index contributed by atoms with van der Waals surface area (Å²) >= 11 is 0. The van der Waals surface area contributed by atoms with Crippen LogP contribution in [0.25, 0.3) is 0 Å². The van der Waals surface area contributed by atoms with Gasteiger partial charge in [-0.05, 0) is 12.8 Å². The number of unbranched alkanes of at least 4 members (excludes halogenated alkanes) is 14. The summed E-state index contributed by atoms with van der Waals surface area (Å²) < 4.78 is 0. The first-order chi connectivity index (χ1) is 10.8. The molecule has 0 fully saturated rings. The fourth-order valence-corrected chi connectivity index (χ4v) is 3.17. The van der Waals surface area contributed by atoms with Crippen LogP contribution in [0.4, 0.5) is 0 Å². The van der Waals surface area contributed by atoms with Crippen LogP contribution < -0.4 is 0 Å². The smallest absolute Gasteiger partial charge is 0.0540 e. The Bertz CT molecular complexity index is 190. The Hall–Kier alpha value is -0.0400. The summed E-state index contributed by atoms with van der Waals surface area (Å²) in [6, 6.07) is 0. The molecule has 1 nitrogen and oxygen atoms in total. The second-order valence-corrected chi connectivity index (χ2v) is 7.18. The van der Waals surface area contributed by atoms with Crippen molar-refractivity contribution in [2.75, 3.05) is 0 Å². The van der Waals surface area contributed by atoms with Gasteiger partial charge in [-0.15, -0.1) is 0 Å². The largest absolute Gasteiger partial charge is 0.393 e. The van der Waals surface area contributed by atoms with Crippen LogP contribution in [0.3, 0.4) is 0 Å². The second-order valence-electron chi connectivity index (χ2n) is 7.18. The van der Waals surface area contributed by atoms with Crippen molar-refractivity contribution < 1.29 is 5.11 Å². The molecule has 1 N–H and O–H groups in total. The molecule has 1 unspecified atom stereocenters. The summed E-state index contributed by atoms with van der Waals surface area (Å²) in [5.41, 5.74) is 0. The van der Waals surface area contributed by atoms with Crippen molar-refractivity contribution >= 4 is 0 Å². The van der Waals surface area contributed by atoms with Crippen LogP contribution in [-0.2, 0) is 0 Å². The van der Waals surface area contributed by atoms with Gasteiger partial charge in [0.25, 0.3) is 0 Å². The number of hydrogen-bond acceptors (Lipinski definition) is 1. The highest BCUT2D eigenvalue weighted by atomic mass is 16.3. The van der Waals surface area contributed by atoms with E-state index < -0.39 is 0 Å². The van der Waals surface area contributed by atoms with E-state index in [4.69, 9.17) is 0 Å². The predicted molar refractivity (Wildman–Crippen MR) is 100 cm³/mol. The second kappa shape index (κ2) is 19.0. The van der Waals surface area contributed by atoms with E-state index in [1.54, 1.807) is 0 Å². The minimum atomic E-state index is -0.0285. The first kappa shape index (κ1) is 22.0. The number of hydrogen-bond donors (Lipinski definition) is 1. The van der Waals surface area contributed by atoms with Crippen molar-refractivity contribution in [2.45, 2.75) is 136 Å². The summed E-state index contributed by atoms with van der Waals surface area (Å²) in [6.07, 6.45) is 24.0. The molecule has 134 valence electrons. The molecule has 0 amide bonds. The summed E-state index contributed by atoms with van der Waals surface area (Å²) in [6.45, 7) is 4.51. The molecule has 0 radical (unpaired) electrons. The lowest BCUT2D eigenvalue weighted by atomic mass is 10.0. The molecule has 0 bridgehead atoms. The molecule has 0 heterocycles. The van der Waals surface area contributed by atoms with Gasteiger partial charge in [0.15, 0.2) is 0 Å². The molecule has 0 aromatic rings. The van der Waals surface area contributed by atoms with Crippen molar-refractivity contribution in [3.05, 3.63) is 0 Å². The topological polar surface area (TPSA) is 20.2 Å². The SMILES string of the molecule is CCCCCCCCCCCCCCCC(O)CCCCC. The lowest BCUT2D eigenvalue weighted by Crippen LogP contribution is -2.05. The molecule has 0 rings (SSSR count). The average Bonchev–Trinajstić information content (AvgIpc) is 2.52. The molecule has 22 heavy (non-hydrogen) atoms. The molecule has 0 aromatic heterocycles. The van der Waals surface area contributed by atoms with E-state index in [1.807, 2.05) is 0 Å². The molecular formula is C21H44O. The third-order valence-corrected chi connectivity index (χ3v) is 4.78. The fraction of sp³-hybridized carbons (Fsp3) is 1.00. The minimum Gasteiger partial charge on any atom is -0.393 e. The van der Waals surface area contributed by atoms with Crippen molar-refractivity contribution in [1.29, 1.82) is 0 Å². The minimum absolute atomic E-state index is 0.0285. The normalized spacial score (nSPS) is 12.7. The van der Waals surface area contributed by atoms with E-state index in [9.17, 15) is 5.11 Å². The Morgan fingerprint density at radius 2 is 0.727 bits per heavy atom. The Labute approximate surface area is 141 Å². The molecule has 0 spiro atoms. The highest BCUT2D eigenvalue weighted by Crippen LogP contribution is 2.14. The van der Waals surface area contributed by atoms with Crippen molar-refractivity contribution in [2.24, 2.45) is 0 Å². The molecule has 0 aliphatic rings. The Morgan fingerprint density at radius 1 is 0.455 bits per heavy atom. The zero-order valence-corrected chi connectivity index (χ0v) is 15.8. The van der Waals surface area contributed by atoms with Crippen LogP contribution in [0.1, 0.15) is 129 Å². The third kappa shape index (κ3) is 18.0. The number of aliphatic hydroxyl groups is 1. The zero-order valence-electron chi connectivity index (χ0n) is 15.8. The van der Waals surface area contributed by atoms with Crippen molar-refractivity contribution in [1.82, 2.24) is 0 Å². The molecule has 0 aliphatic carbocycles. The van der Waals surface area contributed by atoms with Crippen molar-refractivity contribution in [3.8, 4) is 0 Å². The van der Waals surface area contributed by atoms with E-state index >= 15 is 0 Å². The summed E-state index contributed by atoms with van der Waals surface area (Å²) in [5, 5.41) is 9.85.